The molecule has 0 unspecified atom stereocenters. The Morgan fingerprint density at radius 3 is 2.89 bits per heavy atom. The van der Waals surface area contributed by atoms with Gasteiger partial charge in [0.1, 0.15) is 5.82 Å². The fourth-order valence-electron chi connectivity index (χ4n) is 3.98. The van der Waals surface area contributed by atoms with Crippen LogP contribution >= 0.6 is 0 Å². The summed E-state index contributed by atoms with van der Waals surface area (Å²) in [6.07, 6.45) is 4.41. The van der Waals surface area contributed by atoms with Crippen LogP contribution in [-0.2, 0) is 7.05 Å². The summed E-state index contributed by atoms with van der Waals surface area (Å²) in [5, 5.41) is 7.23. The van der Waals surface area contributed by atoms with E-state index in [1.54, 1.807) is 17.2 Å². The van der Waals surface area contributed by atoms with E-state index in [0.29, 0.717) is 11.6 Å². The topological polar surface area (TPSA) is 79.2 Å². The summed E-state index contributed by atoms with van der Waals surface area (Å²) in [4.78, 5) is 26.3. The van der Waals surface area contributed by atoms with Crippen LogP contribution in [0.1, 0.15) is 12.1 Å². The van der Waals surface area contributed by atoms with Crippen LogP contribution in [0.3, 0.4) is 0 Å². The van der Waals surface area contributed by atoms with E-state index >= 15 is 0 Å². The summed E-state index contributed by atoms with van der Waals surface area (Å²) >= 11 is 0. The summed E-state index contributed by atoms with van der Waals surface area (Å²) in [7, 11) is 1.91. The Bertz CT molecular complexity index is 1050. The molecule has 0 saturated carbocycles. The number of hydrogen-bond acceptors (Lipinski definition) is 5. The van der Waals surface area contributed by atoms with Gasteiger partial charge < -0.3 is 4.90 Å². The van der Waals surface area contributed by atoms with E-state index < -0.39 is 0 Å². The molecule has 2 amide bonds. The zero-order chi connectivity index (χ0) is 19.3. The highest BCUT2D eigenvalue weighted by atomic mass is 16.2. The number of fused-ring (bicyclic) bond motifs is 4. The van der Waals surface area contributed by atoms with E-state index in [-0.39, 0.29) is 12.1 Å². The zero-order valence-electron chi connectivity index (χ0n) is 15.8. The summed E-state index contributed by atoms with van der Waals surface area (Å²) in [6.45, 7) is 3.77. The molecule has 2 bridgehead atoms. The standard InChI is InChI=1S/C20H21N7O/c1-13-15(11-22-25(13)2)16-6-7-17-19(23-16)27(14-8-10-26(17)12-14)20(28)24-18-5-3-4-9-21-18/h3-7,9,11,14H,8,10,12H2,1-2H3,(H,21,24,28)/t14-/m0/s1. The van der Waals surface area contributed by atoms with Gasteiger partial charge in [0.2, 0.25) is 0 Å². The molecule has 5 rings (SSSR count). The lowest BCUT2D eigenvalue weighted by molar-refractivity contribution is 0.254. The molecule has 28 heavy (non-hydrogen) atoms. The maximum atomic E-state index is 13.1. The molecule has 3 aromatic heterocycles. The number of carbonyl (C=O) groups excluding carboxylic acids is 1. The van der Waals surface area contributed by atoms with Gasteiger partial charge in [0.05, 0.1) is 23.6 Å². The lowest BCUT2D eigenvalue weighted by Crippen LogP contribution is -2.48. The second-order valence-electron chi connectivity index (χ2n) is 7.21. The average Bonchev–Trinajstić information content (AvgIpc) is 3.27. The molecule has 1 N–H and O–H groups in total. The van der Waals surface area contributed by atoms with Crippen LogP contribution in [0.2, 0.25) is 0 Å². The quantitative estimate of drug-likeness (QED) is 0.745. The van der Waals surface area contributed by atoms with E-state index in [1.165, 1.54) is 0 Å². The number of anilines is 3. The number of carbonyl (C=O) groups is 1. The SMILES string of the molecule is Cc1c(-c2ccc3c(n2)N(C(=O)Nc2ccccn2)[C@H]2CCN3C2)cnn1C. The largest absolute Gasteiger partial charge is 0.366 e. The van der Waals surface area contributed by atoms with Crippen molar-refractivity contribution in [3.63, 3.8) is 0 Å². The highest BCUT2D eigenvalue weighted by Crippen LogP contribution is 2.40. The van der Waals surface area contributed by atoms with Gasteiger partial charge in [-0.05, 0) is 37.6 Å². The molecule has 5 heterocycles. The van der Waals surface area contributed by atoms with Crippen LogP contribution in [0, 0.1) is 6.92 Å². The number of urea groups is 1. The molecule has 1 atom stereocenters. The Morgan fingerprint density at radius 1 is 1.25 bits per heavy atom. The van der Waals surface area contributed by atoms with Crippen molar-refractivity contribution < 1.29 is 4.79 Å². The van der Waals surface area contributed by atoms with E-state index in [0.717, 1.165) is 42.1 Å². The molecule has 0 radical (unpaired) electrons. The number of rotatable bonds is 2. The van der Waals surface area contributed by atoms with Gasteiger partial charge in [-0.15, -0.1) is 0 Å². The summed E-state index contributed by atoms with van der Waals surface area (Å²) in [5.74, 6) is 1.23. The molecule has 0 spiro atoms. The van der Waals surface area contributed by atoms with Gasteiger partial charge in [0.15, 0.2) is 5.82 Å². The second kappa shape index (κ2) is 6.33. The van der Waals surface area contributed by atoms with Crippen molar-refractivity contribution in [2.45, 2.75) is 19.4 Å². The highest BCUT2D eigenvalue weighted by Gasteiger charge is 2.40. The molecule has 2 aliphatic rings. The Balaban J connectivity index is 1.55. The number of aryl methyl sites for hydroxylation is 1. The summed E-state index contributed by atoms with van der Waals surface area (Å²) in [5.41, 5.74) is 3.83. The van der Waals surface area contributed by atoms with Crippen molar-refractivity contribution in [2.75, 3.05) is 28.2 Å². The lowest BCUT2D eigenvalue weighted by atomic mass is 10.1. The van der Waals surface area contributed by atoms with Gasteiger partial charge in [-0.3, -0.25) is 14.9 Å². The third kappa shape index (κ3) is 2.60. The van der Waals surface area contributed by atoms with Gasteiger partial charge in [0, 0.05) is 37.6 Å². The van der Waals surface area contributed by atoms with E-state index in [4.69, 9.17) is 4.98 Å². The molecular formula is C20H21N7O. The Hall–Kier alpha value is -3.42. The van der Waals surface area contributed by atoms with Gasteiger partial charge in [-0.25, -0.2) is 14.8 Å². The first-order valence-electron chi connectivity index (χ1n) is 9.38. The minimum atomic E-state index is -0.195. The molecule has 0 aliphatic carbocycles. The molecule has 1 fully saturated rings. The van der Waals surface area contributed by atoms with Gasteiger partial charge in [-0.2, -0.15) is 5.10 Å². The molecule has 1 saturated heterocycles. The van der Waals surface area contributed by atoms with Crippen molar-refractivity contribution in [3.8, 4) is 11.3 Å². The number of nitrogens with zero attached hydrogens (tertiary/aromatic N) is 6. The highest BCUT2D eigenvalue weighted by molar-refractivity contribution is 6.04. The predicted octanol–water partition coefficient (Wildman–Crippen LogP) is 2.82. The smallest absolute Gasteiger partial charge is 0.329 e. The fraction of sp³-hybridized carbons (Fsp3) is 0.300. The normalized spacial score (nSPS) is 17.6. The third-order valence-corrected chi connectivity index (χ3v) is 5.58. The van der Waals surface area contributed by atoms with Crippen LogP contribution in [0.25, 0.3) is 11.3 Å². The Kier molecular flexibility index (Phi) is 3.78. The Morgan fingerprint density at radius 2 is 2.14 bits per heavy atom. The van der Waals surface area contributed by atoms with Crippen molar-refractivity contribution in [2.24, 2.45) is 7.05 Å². The number of pyridine rings is 2. The minimum absolute atomic E-state index is 0.106. The van der Waals surface area contributed by atoms with Crippen molar-refractivity contribution >= 4 is 23.4 Å². The van der Waals surface area contributed by atoms with Crippen LogP contribution in [0.5, 0.6) is 0 Å². The van der Waals surface area contributed by atoms with Crippen molar-refractivity contribution in [3.05, 3.63) is 48.4 Å². The van der Waals surface area contributed by atoms with Gasteiger partial charge in [-0.1, -0.05) is 6.07 Å². The molecule has 3 aromatic rings. The van der Waals surface area contributed by atoms with Gasteiger partial charge in [0.25, 0.3) is 0 Å². The van der Waals surface area contributed by atoms with Crippen LogP contribution in [-0.4, -0.2) is 44.9 Å². The van der Waals surface area contributed by atoms with E-state index in [1.807, 2.05) is 43.0 Å². The Labute approximate surface area is 162 Å². The van der Waals surface area contributed by atoms with Crippen LogP contribution < -0.4 is 15.1 Å². The lowest BCUT2D eigenvalue weighted by Gasteiger charge is -2.35. The van der Waals surface area contributed by atoms with Gasteiger partial charge >= 0.3 is 6.03 Å². The first-order chi connectivity index (χ1) is 13.6. The molecule has 8 heteroatoms. The zero-order valence-corrected chi connectivity index (χ0v) is 15.8. The summed E-state index contributed by atoms with van der Waals surface area (Å²) < 4.78 is 1.83. The number of nitrogens with one attached hydrogen (secondary N) is 1. The molecule has 2 aliphatic heterocycles. The van der Waals surface area contributed by atoms with E-state index in [2.05, 4.69) is 26.4 Å². The van der Waals surface area contributed by atoms with Crippen molar-refractivity contribution in [1.82, 2.24) is 19.7 Å². The molecule has 0 aromatic carbocycles. The monoisotopic (exact) mass is 375 g/mol. The minimum Gasteiger partial charge on any atom is -0.366 e. The first kappa shape index (κ1) is 16.7. The van der Waals surface area contributed by atoms with Crippen LogP contribution in [0.15, 0.2) is 42.7 Å². The second-order valence-corrected chi connectivity index (χ2v) is 7.21. The molecular weight excluding hydrogens is 354 g/mol. The van der Waals surface area contributed by atoms with E-state index in [9.17, 15) is 4.79 Å². The summed E-state index contributed by atoms with van der Waals surface area (Å²) in [6, 6.07) is 9.44. The number of amides is 2. The van der Waals surface area contributed by atoms with Crippen LogP contribution in [0.4, 0.5) is 22.1 Å². The third-order valence-electron chi connectivity index (χ3n) is 5.58. The average molecular weight is 375 g/mol. The number of aromatic nitrogens is 4. The molecule has 142 valence electrons. The maximum Gasteiger partial charge on any atom is 0.329 e. The first-order valence-corrected chi connectivity index (χ1v) is 9.38. The fourth-order valence-corrected chi connectivity index (χ4v) is 3.98. The predicted molar refractivity (Wildman–Crippen MR) is 108 cm³/mol. The molecule has 8 nitrogen and oxygen atoms in total. The van der Waals surface area contributed by atoms with Crippen molar-refractivity contribution in [1.29, 1.82) is 0 Å². The number of hydrogen-bond donors (Lipinski definition) is 1. The maximum absolute atomic E-state index is 13.1.